The number of rotatable bonds is 10. The normalized spacial score (nSPS) is 12.4. The highest BCUT2D eigenvalue weighted by Gasteiger charge is 2.28. The third-order valence-electron chi connectivity index (χ3n) is 5.10. The van der Waals surface area contributed by atoms with Crippen molar-refractivity contribution in [3.05, 3.63) is 85.0 Å². The molecule has 0 spiro atoms. The fourth-order valence-electron chi connectivity index (χ4n) is 3.16. The van der Waals surface area contributed by atoms with Gasteiger partial charge < -0.3 is 15.0 Å². The second-order valence-corrected chi connectivity index (χ2v) is 7.07. The Morgan fingerprint density at radius 2 is 1.77 bits per heavy atom. The molecule has 2 amide bonds. The molecule has 0 radical (unpaired) electrons. The van der Waals surface area contributed by atoms with Crippen LogP contribution in [0.25, 0.3) is 0 Å². The molecule has 158 valence electrons. The lowest BCUT2D eigenvalue weighted by Gasteiger charge is -2.26. The van der Waals surface area contributed by atoms with Crippen LogP contribution in [0.1, 0.15) is 18.9 Å². The summed E-state index contributed by atoms with van der Waals surface area (Å²) >= 11 is 0. The second-order valence-electron chi connectivity index (χ2n) is 7.07. The van der Waals surface area contributed by atoms with Gasteiger partial charge in [0.05, 0.1) is 13.0 Å². The van der Waals surface area contributed by atoms with Crippen molar-refractivity contribution in [2.75, 3.05) is 19.1 Å². The molecule has 1 N–H and O–H groups in total. The van der Waals surface area contributed by atoms with Crippen molar-refractivity contribution < 1.29 is 14.3 Å². The molecule has 0 aliphatic rings. The maximum absolute atomic E-state index is 13.3. The number of amides is 2. The third-order valence-corrected chi connectivity index (χ3v) is 5.10. The topological polar surface area (TPSA) is 58.6 Å². The molecule has 0 bridgehead atoms. The Kier molecular flexibility index (Phi) is 8.41. The molecule has 0 fully saturated rings. The number of ether oxygens (including phenoxy) is 1. The van der Waals surface area contributed by atoms with Crippen molar-refractivity contribution in [1.82, 2.24) is 5.32 Å². The molecular weight excluding hydrogens is 376 g/mol. The molecule has 0 aliphatic carbocycles. The smallest absolute Gasteiger partial charge is 0.249 e. The number of carbonyl (C=O) groups excluding carboxylic acids is 2. The van der Waals surface area contributed by atoms with E-state index in [0.717, 1.165) is 11.1 Å². The van der Waals surface area contributed by atoms with Crippen LogP contribution in [0.5, 0.6) is 5.75 Å². The molecule has 2 rings (SSSR count). The first-order valence-electron chi connectivity index (χ1n) is 9.97. The zero-order valence-corrected chi connectivity index (χ0v) is 17.9. The summed E-state index contributed by atoms with van der Waals surface area (Å²) in [6.07, 6.45) is 2.61. The molecule has 0 heterocycles. The Hall–Kier alpha value is -3.34. The van der Waals surface area contributed by atoms with Gasteiger partial charge in [0.2, 0.25) is 11.8 Å². The number of likely N-dealkylation sites (N-methyl/N-ethyl adjacent to an activating group) is 1. The van der Waals surface area contributed by atoms with E-state index in [9.17, 15) is 9.59 Å². The molecule has 0 unspecified atom stereocenters. The third kappa shape index (κ3) is 5.83. The van der Waals surface area contributed by atoms with Crippen LogP contribution in [-0.2, 0) is 16.0 Å². The van der Waals surface area contributed by atoms with Crippen molar-refractivity contribution in [2.45, 2.75) is 25.8 Å². The molecular formula is C25H30N2O3. The van der Waals surface area contributed by atoms with Crippen molar-refractivity contribution in [3.63, 3.8) is 0 Å². The summed E-state index contributed by atoms with van der Waals surface area (Å²) in [5, 5.41) is 2.92. The van der Waals surface area contributed by atoms with Crippen molar-refractivity contribution in [1.29, 1.82) is 0 Å². The van der Waals surface area contributed by atoms with Crippen LogP contribution in [0.3, 0.4) is 0 Å². The fraction of sp³-hybridized carbons (Fsp3) is 0.280. The number of nitrogens with zero attached hydrogens (tertiary/aromatic N) is 1. The van der Waals surface area contributed by atoms with Crippen molar-refractivity contribution >= 4 is 17.5 Å². The zero-order valence-electron chi connectivity index (χ0n) is 17.9. The molecule has 2 aromatic rings. The van der Waals surface area contributed by atoms with Gasteiger partial charge in [-0.25, -0.2) is 0 Å². The summed E-state index contributed by atoms with van der Waals surface area (Å²) < 4.78 is 5.18. The summed E-state index contributed by atoms with van der Waals surface area (Å²) in [7, 11) is 3.29. The quantitative estimate of drug-likeness (QED) is 0.603. The molecule has 0 saturated carbocycles. The van der Waals surface area contributed by atoms with E-state index in [1.807, 2.05) is 49.4 Å². The standard InChI is InChI=1S/C25H30N2O3/c1-6-18(3)22(7-2)24(28)26-23(17-19-11-9-8-10-12-19)25(29)27(4)20-13-15-21(30-5)16-14-20/h7-16,22-23H,2-3,6,17H2,1,4-5H3,(H,26,28)/t22-,23-/m0/s1. The number of hydrogen-bond donors (Lipinski definition) is 1. The van der Waals surface area contributed by atoms with Gasteiger partial charge in [0.25, 0.3) is 0 Å². The second kappa shape index (κ2) is 11.0. The van der Waals surface area contributed by atoms with Gasteiger partial charge in [0.1, 0.15) is 11.8 Å². The molecule has 0 saturated heterocycles. The van der Waals surface area contributed by atoms with Gasteiger partial charge in [0.15, 0.2) is 0 Å². The molecule has 2 aromatic carbocycles. The number of methoxy groups -OCH3 is 1. The van der Waals surface area contributed by atoms with Gasteiger partial charge >= 0.3 is 0 Å². The summed E-state index contributed by atoms with van der Waals surface area (Å²) in [6, 6.07) is 16.1. The first kappa shape index (κ1) is 22.9. The van der Waals surface area contributed by atoms with Crippen LogP contribution in [0.15, 0.2) is 79.4 Å². The van der Waals surface area contributed by atoms with Crippen LogP contribution in [0.4, 0.5) is 5.69 Å². The van der Waals surface area contributed by atoms with E-state index in [-0.39, 0.29) is 11.8 Å². The molecule has 2 atom stereocenters. The van der Waals surface area contributed by atoms with Crippen molar-refractivity contribution in [2.24, 2.45) is 5.92 Å². The first-order valence-corrected chi connectivity index (χ1v) is 9.97. The minimum absolute atomic E-state index is 0.206. The SMILES string of the molecule is C=C[C@@H](C(=C)CC)C(=O)N[C@@H](Cc1ccccc1)C(=O)N(C)c1ccc(OC)cc1. The molecule has 30 heavy (non-hydrogen) atoms. The van der Waals surface area contributed by atoms with Gasteiger partial charge in [-0.3, -0.25) is 9.59 Å². The lowest BCUT2D eigenvalue weighted by atomic mass is 9.96. The number of hydrogen-bond acceptors (Lipinski definition) is 3. The molecule has 5 heteroatoms. The van der Waals surface area contributed by atoms with E-state index < -0.39 is 12.0 Å². The van der Waals surface area contributed by atoms with E-state index in [2.05, 4.69) is 18.5 Å². The lowest BCUT2D eigenvalue weighted by Crippen LogP contribution is -2.50. The maximum atomic E-state index is 13.3. The predicted molar refractivity (Wildman–Crippen MR) is 122 cm³/mol. The van der Waals surface area contributed by atoms with E-state index in [4.69, 9.17) is 4.74 Å². The van der Waals surface area contributed by atoms with Gasteiger partial charge in [-0.15, -0.1) is 6.58 Å². The Morgan fingerprint density at radius 3 is 2.30 bits per heavy atom. The van der Waals surface area contributed by atoms with E-state index in [1.165, 1.54) is 0 Å². The van der Waals surface area contributed by atoms with Crippen LogP contribution in [0, 0.1) is 5.92 Å². The maximum Gasteiger partial charge on any atom is 0.249 e. The van der Waals surface area contributed by atoms with Gasteiger partial charge in [-0.2, -0.15) is 0 Å². The van der Waals surface area contributed by atoms with E-state index >= 15 is 0 Å². The first-order chi connectivity index (χ1) is 14.4. The Bertz CT molecular complexity index is 875. The highest BCUT2D eigenvalue weighted by atomic mass is 16.5. The number of anilines is 1. The fourth-order valence-corrected chi connectivity index (χ4v) is 3.16. The monoisotopic (exact) mass is 406 g/mol. The van der Waals surface area contributed by atoms with Gasteiger partial charge in [-0.1, -0.05) is 55.5 Å². The predicted octanol–water partition coefficient (Wildman–Crippen LogP) is 4.15. The van der Waals surface area contributed by atoms with Gasteiger partial charge in [0, 0.05) is 19.2 Å². The molecule has 5 nitrogen and oxygen atoms in total. The van der Waals surface area contributed by atoms with Crippen molar-refractivity contribution in [3.8, 4) is 5.75 Å². The van der Waals surface area contributed by atoms with E-state index in [0.29, 0.717) is 24.3 Å². The number of benzene rings is 2. The Labute approximate surface area is 179 Å². The molecule has 0 aromatic heterocycles. The molecule has 0 aliphatic heterocycles. The van der Waals surface area contributed by atoms with Crippen LogP contribution >= 0.6 is 0 Å². The minimum atomic E-state index is -0.723. The van der Waals surface area contributed by atoms with Crippen LogP contribution in [0.2, 0.25) is 0 Å². The van der Waals surface area contributed by atoms with Gasteiger partial charge in [-0.05, 0) is 36.2 Å². The average molecular weight is 407 g/mol. The summed E-state index contributed by atoms with van der Waals surface area (Å²) in [6.45, 7) is 9.66. The largest absolute Gasteiger partial charge is 0.497 e. The lowest BCUT2D eigenvalue weighted by molar-refractivity contribution is -0.128. The Balaban J connectivity index is 2.27. The van der Waals surface area contributed by atoms with Crippen LogP contribution in [-0.4, -0.2) is 32.0 Å². The minimum Gasteiger partial charge on any atom is -0.497 e. The summed E-state index contributed by atoms with van der Waals surface area (Å²) in [5.74, 6) is -0.301. The Morgan fingerprint density at radius 1 is 1.13 bits per heavy atom. The van der Waals surface area contributed by atoms with E-state index in [1.54, 1.807) is 37.3 Å². The average Bonchev–Trinajstić information content (AvgIpc) is 2.78. The van der Waals surface area contributed by atoms with Crippen LogP contribution < -0.4 is 15.0 Å². The summed E-state index contributed by atoms with van der Waals surface area (Å²) in [4.78, 5) is 27.8. The zero-order chi connectivity index (χ0) is 22.1. The number of nitrogens with one attached hydrogen (secondary N) is 1. The number of carbonyl (C=O) groups is 2. The highest BCUT2D eigenvalue weighted by Crippen LogP contribution is 2.20. The highest BCUT2D eigenvalue weighted by molar-refractivity contribution is 5.99. The summed E-state index contributed by atoms with van der Waals surface area (Å²) in [5.41, 5.74) is 2.44.